The van der Waals surface area contributed by atoms with Crippen LogP contribution in [0.15, 0.2) is 47.4 Å². The molecule has 32 heavy (non-hydrogen) atoms. The van der Waals surface area contributed by atoms with Gasteiger partial charge in [-0.05, 0) is 69.2 Å². The van der Waals surface area contributed by atoms with Gasteiger partial charge < -0.3 is 19.5 Å². The molecular formula is C23H30N2O6S. The molecule has 1 amide bonds. The lowest BCUT2D eigenvalue weighted by Gasteiger charge is -2.27. The smallest absolute Gasteiger partial charge is 0.265 e. The number of ether oxygens (including phenoxy) is 3. The van der Waals surface area contributed by atoms with Crippen molar-refractivity contribution < 1.29 is 27.4 Å². The fraction of sp³-hybridized carbons (Fsp3) is 0.435. The maximum atomic E-state index is 13.2. The molecule has 1 atom stereocenters. The van der Waals surface area contributed by atoms with Crippen molar-refractivity contribution in [3.05, 3.63) is 42.5 Å². The summed E-state index contributed by atoms with van der Waals surface area (Å²) < 4.78 is 44.3. The van der Waals surface area contributed by atoms with Gasteiger partial charge in [-0.2, -0.15) is 4.31 Å². The Hall–Kier alpha value is -2.78. The molecule has 1 N–H and O–H groups in total. The number of hydrogen-bond acceptors (Lipinski definition) is 6. The number of rotatable bonds is 9. The Morgan fingerprint density at radius 3 is 2.34 bits per heavy atom. The molecule has 1 aliphatic rings. The van der Waals surface area contributed by atoms with Crippen molar-refractivity contribution in [1.82, 2.24) is 4.31 Å². The molecule has 2 aromatic carbocycles. The van der Waals surface area contributed by atoms with Crippen molar-refractivity contribution in [3.8, 4) is 17.2 Å². The number of benzene rings is 2. The summed E-state index contributed by atoms with van der Waals surface area (Å²) in [5, 5.41) is 2.74. The quantitative estimate of drug-likeness (QED) is 0.611. The Bertz CT molecular complexity index is 1020. The fourth-order valence-electron chi connectivity index (χ4n) is 3.46. The van der Waals surface area contributed by atoms with E-state index in [1.807, 2.05) is 0 Å². The summed E-state index contributed by atoms with van der Waals surface area (Å²) in [5.74, 6) is 1.09. The average molecular weight is 463 g/mol. The minimum atomic E-state index is -3.73. The molecule has 2 aromatic rings. The van der Waals surface area contributed by atoms with E-state index in [-0.39, 0.29) is 10.6 Å². The van der Waals surface area contributed by atoms with Crippen LogP contribution in [0.4, 0.5) is 5.69 Å². The maximum absolute atomic E-state index is 13.2. The first-order valence-electron chi connectivity index (χ1n) is 10.7. The number of nitrogens with zero attached hydrogens (tertiary/aromatic N) is 1. The van der Waals surface area contributed by atoms with E-state index >= 15 is 0 Å². The molecule has 1 heterocycles. The Labute approximate surface area is 189 Å². The lowest BCUT2D eigenvalue weighted by atomic mass is 10.2. The van der Waals surface area contributed by atoms with Gasteiger partial charge in [0, 0.05) is 18.8 Å². The summed E-state index contributed by atoms with van der Waals surface area (Å²) >= 11 is 0. The summed E-state index contributed by atoms with van der Waals surface area (Å²) in [6.45, 7) is 4.72. The van der Waals surface area contributed by atoms with Gasteiger partial charge in [-0.25, -0.2) is 8.42 Å². The summed E-state index contributed by atoms with van der Waals surface area (Å²) in [5.41, 5.74) is 0.360. The number of sulfonamides is 1. The number of amides is 1. The van der Waals surface area contributed by atoms with Crippen molar-refractivity contribution in [2.45, 2.75) is 44.1 Å². The van der Waals surface area contributed by atoms with E-state index in [2.05, 4.69) is 5.32 Å². The predicted octanol–water partition coefficient (Wildman–Crippen LogP) is 3.67. The van der Waals surface area contributed by atoms with Crippen LogP contribution < -0.4 is 19.5 Å². The van der Waals surface area contributed by atoms with E-state index in [1.165, 1.54) is 10.4 Å². The molecule has 1 aliphatic heterocycles. The van der Waals surface area contributed by atoms with Gasteiger partial charge in [0.15, 0.2) is 6.10 Å². The van der Waals surface area contributed by atoms with Crippen LogP contribution in [0.5, 0.6) is 17.2 Å². The second-order valence-electron chi connectivity index (χ2n) is 7.48. The second-order valence-corrected chi connectivity index (χ2v) is 9.39. The van der Waals surface area contributed by atoms with Gasteiger partial charge in [0.1, 0.15) is 22.1 Å². The number of hydrogen-bond donors (Lipinski definition) is 1. The summed E-state index contributed by atoms with van der Waals surface area (Å²) in [7, 11) is -2.16. The predicted molar refractivity (Wildman–Crippen MR) is 122 cm³/mol. The van der Waals surface area contributed by atoms with Crippen LogP contribution in [0, 0.1) is 0 Å². The highest BCUT2D eigenvalue weighted by Crippen LogP contribution is 2.31. The number of carbonyl (C=O) groups excluding carboxylic acids is 1. The Morgan fingerprint density at radius 2 is 1.72 bits per heavy atom. The highest BCUT2D eigenvalue weighted by Gasteiger charge is 2.29. The van der Waals surface area contributed by atoms with Crippen molar-refractivity contribution >= 4 is 21.6 Å². The summed E-state index contributed by atoms with van der Waals surface area (Å²) in [4.78, 5) is 12.7. The molecule has 0 aliphatic carbocycles. The average Bonchev–Trinajstić information content (AvgIpc) is 2.81. The Morgan fingerprint density at radius 1 is 1.06 bits per heavy atom. The first kappa shape index (κ1) is 23.9. The van der Waals surface area contributed by atoms with E-state index in [0.29, 0.717) is 36.9 Å². The van der Waals surface area contributed by atoms with Crippen LogP contribution in [-0.4, -0.2) is 51.5 Å². The van der Waals surface area contributed by atoms with Crippen LogP contribution in [0.25, 0.3) is 0 Å². The standard InChI is InChI=1S/C23H30N2O6S/c1-4-30-21-13-8-18(16-22(21)32(27,28)25-14-6-5-7-15-25)24-23(26)17(2)31-20-11-9-19(29-3)10-12-20/h8-13,16-17H,4-7,14-15H2,1-3H3,(H,24,26). The largest absolute Gasteiger partial charge is 0.497 e. The van der Waals surface area contributed by atoms with Gasteiger partial charge in [0.05, 0.1) is 13.7 Å². The van der Waals surface area contributed by atoms with Crippen LogP contribution >= 0.6 is 0 Å². The number of carbonyl (C=O) groups is 1. The van der Waals surface area contributed by atoms with Gasteiger partial charge in [-0.3, -0.25) is 4.79 Å². The van der Waals surface area contributed by atoms with Crippen LogP contribution in [0.1, 0.15) is 33.1 Å². The summed E-state index contributed by atoms with van der Waals surface area (Å²) in [6, 6.07) is 11.6. The number of piperidine rings is 1. The first-order valence-corrected chi connectivity index (χ1v) is 12.2. The van der Waals surface area contributed by atoms with Crippen LogP contribution in [-0.2, 0) is 14.8 Å². The van der Waals surface area contributed by atoms with E-state index in [9.17, 15) is 13.2 Å². The highest BCUT2D eigenvalue weighted by molar-refractivity contribution is 7.89. The van der Waals surface area contributed by atoms with Gasteiger partial charge in [-0.1, -0.05) is 6.42 Å². The topological polar surface area (TPSA) is 94.2 Å². The first-order chi connectivity index (χ1) is 15.3. The third kappa shape index (κ3) is 5.72. The lowest BCUT2D eigenvalue weighted by molar-refractivity contribution is -0.122. The Kier molecular flexibility index (Phi) is 7.98. The van der Waals surface area contributed by atoms with E-state index in [4.69, 9.17) is 14.2 Å². The third-order valence-electron chi connectivity index (χ3n) is 5.19. The van der Waals surface area contributed by atoms with E-state index in [0.717, 1.165) is 19.3 Å². The van der Waals surface area contributed by atoms with Gasteiger partial charge in [0.25, 0.3) is 5.91 Å². The molecule has 1 unspecified atom stereocenters. The van der Waals surface area contributed by atoms with Crippen LogP contribution in [0.2, 0.25) is 0 Å². The molecule has 1 fully saturated rings. The minimum absolute atomic E-state index is 0.0581. The molecule has 8 nitrogen and oxygen atoms in total. The minimum Gasteiger partial charge on any atom is -0.497 e. The zero-order chi connectivity index (χ0) is 23.1. The molecule has 1 saturated heterocycles. The van der Waals surface area contributed by atoms with Gasteiger partial charge in [0.2, 0.25) is 10.0 Å². The molecule has 3 rings (SSSR count). The van der Waals surface area contributed by atoms with Crippen LogP contribution in [0.3, 0.4) is 0 Å². The van der Waals surface area contributed by atoms with Crippen molar-refractivity contribution in [2.75, 3.05) is 32.1 Å². The number of nitrogens with one attached hydrogen (secondary N) is 1. The monoisotopic (exact) mass is 462 g/mol. The van der Waals surface area contributed by atoms with E-state index in [1.54, 1.807) is 57.4 Å². The molecule has 0 radical (unpaired) electrons. The maximum Gasteiger partial charge on any atom is 0.265 e. The van der Waals surface area contributed by atoms with Crippen molar-refractivity contribution in [1.29, 1.82) is 0 Å². The molecular weight excluding hydrogens is 432 g/mol. The number of methoxy groups -OCH3 is 1. The molecule has 174 valence electrons. The number of anilines is 1. The van der Waals surface area contributed by atoms with Crippen molar-refractivity contribution in [2.24, 2.45) is 0 Å². The molecule has 0 aromatic heterocycles. The van der Waals surface area contributed by atoms with Gasteiger partial charge >= 0.3 is 0 Å². The molecule has 0 spiro atoms. The van der Waals surface area contributed by atoms with E-state index < -0.39 is 22.0 Å². The highest BCUT2D eigenvalue weighted by atomic mass is 32.2. The zero-order valence-electron chi connectivity index (χ0n) is 18.7. The molecule has 9 heteroatoms. The lowest BCUT2D eigenvalue weighted by Crippen LogP contribution is -2.36. The molecule has 0 bridgehead atoms. The van der Waals surface area contributed by atoms with Crippen molar-refractivity contribution in [3.63, 3.8) is 0 Å². The second kappa shape index (κ2) is 10.7. The van der Waals surface area contributed by atoms with Gasteiger partial charge in [-0.15, -0.1) is 0 Å². The summed E-state index contributed by atoms with van der Waals surface area (Å²) in [6.07, 6.45) is 1.89. The molecule has 0 saturated carbocycles. The Balaban J connectivity index is 1.77. The SMILES string of the molecule is CCOc1ccc(NC(=O)C(C)Oc2ccc(OC)cc2)cc1S(=O)(=O)N1CCCCC1. The zero-order valence-corrected chi connectivity index (χ0v) is 19.5. The third-order valence-corrected chi connectivity index (χ3v) is 7.11. The normalized spacial score (nSPS) is 15.6. The fourth-order valence-corrected chi connectivity index (χ4v) is 5.14.